The Morgan fingerprint density at radius 2 is 1.55 bits per heavy atom. The fourth-order valence-corrected chi connectivity index (χ4v) is 8.18. The Bertz CT molecular complexity index is 1890. The number of nitrogens with zero attached hydrogens (tertiary/aromatic N) is 3. The molecule has 0 bridgehead atoms. The summed E-state index contributed by atoms with van der Waals surface area (Å²) in [6.45, 7) is 7.05. The molecule has 4 aromatic rings. The number of likely N-dealkylation sites (tertiary alicyclic amines) is 1. The first-order valence-electron chi connectivity index (χ1n) is 13.6. The molecule has 1 aromatic heterocycles. The second-order valence-electron chi connectivity index (χ2n) is 11.4. The van der Waals surface area contributed by atoms with Crippen LogP contribution >= 0.6 is 0 Å². The summed E-state index contributed by atoms with van der Waals surface area (Å²) in [5.41, 5.74) is 1.83. The molecule has 0 saturated carbocycles. The Kier molecular flexibility index (Phi) is 7.74. The average molecular weight is 605 g/mol. The van der Waals surface area contributed by atoms with Crippen molar-refractivity contribution < 1.29 is 21.6 Å². The molecule has 1 N–H and O–H groups in total. The van der Waals surface area contributed by atoms with Gasteiger partial charge in [0.2, 0.25) is 10.0 Å². The third-order valence-electron chi connectivity index (χ3n) is 7.57. The largest absolute Gasteiger partial charge is 0.339 e. The Morgan fingerprint density at radius 1 is 0.905 bits per heavy atom. The number of fused-ring (bicyclic) bond motifs is 1. The summed E-state index contributed by atoms with van der Waals surface area (Å²) >= 11 is 0. The number of rotatable bonds is 6. The standard InChI is InChI=1S/C31H32N4O5S2/c1-31(2,3)24-14-12-22(13-15-24)30(36)34-18-16-25(17-19-34)33-41(37,38)28-21-35(27-11-7-8-23(20-32)29(27)28)42(39,40)26-9-5-4-6-10-26/h4-15,21,25,33H,16-19H2,1-3H3. The first-order chi connectivity index (χ1) is 19.8. The smallest absolute Gasteiger partial charge is 0.268 e. The van der Waals surface area contributed by atoms with Crippen molar-refractivity contribution in [2.45, 2.75) is 54.9 Å². The van der Waals surface area contributed by atoms with Gasteiger partial charge in [-0.1, -0.05) is 57.2 Å². The third kappa shape index (κ3) is 5.57. The van der Waals surface area contributed by atoms with Crippen LogP contribution in [0.1, 0.15) is 55.1 Å². The number of piperidine rings is 1. The Balaban J connectivity index is 1.38. The van der Waals surface area contributed by atoms with Crippen molar-refractivity contribution >= 4 is 36.9 Å². The summed E-state index contributed by atoms with van der Waals surface area (Å²) in [6, 6.07) is 21.2. The maximum Gasteiger partial charge on any atom is 0.268 e. The molecule has 42 heavy (non-hydrogen) atoms. The molecule has 1 amide bonds. The van der Waals surface area contributed by atoms with Gasteiger partial charge in [-0.05, 0) is 60.2 Å². The number of carbonyl (C=O) groups is 1. The van der Waals surface area contributed by atoms with Gasteiger partial charge in [0.25, 0.3) is 15.9 Å². The summed E-state index contributed by atoms with van der Waals surface area (Å²) in [5.74, 6) is -0.107. The minimum atomic E-state index is -4.24. The maximum absolute atomic E-state index is 13.7. The van der Waals surface area contributed by atoms with Crippen molar-refractivity contribution in [3.8, 4) is 6.07 Å². The fraction of sp³-hybridized carbons (Fsp3) is 0.290. The SMILES string of the molecule is CC(C)(C)c1ccc(C(=O)N2CCC(NS(=O)(=O)c3cn(S(=O)(=O)c4ccccc4)c4cccc(C#N)c34)CC2)cc1. The third-order valence-corrected chi connectivity index (χ3v) is 10.8. The lowest BCUT2D eigenvalue weighted by Gasteiger charge is -2.32. The number of aromatic nitrogens is 1. The van der Waals surface area contributed by atoms with E-state index in [-0.39, 0.29) is 37.6 Å². The van der Waals surface area contributed by atoms with Crippen molar-refractivity contribution in [2.75, 3.05) is 13.1 Å². The van der Waals surface area contributed by atoms with Gasteiger partial charge >= 0.3 is 0 Å². The summed E-state index contributed by atoms with van der Waals surface area (Å²) in [6.07, 6.45) is 1.84. The number of hydrogen-bond donors (Lipinski definition) is 1. The van der Waals surface area contributed by atoms with E-state index >= 15 is 0 Å². The van der Waals surface area contributed by atoms with Crippen LogP contribution in [0.2, 0.25) is 0 Å². The number of benzene rings is 3. The highest BCUT2D eigenvalue weighted by atomic mass is 32.2. The topological polar surface area (TPSA) is 129 Å². The molecule has 2 heterocycles. The molecule has 3 aromatic carbocycles. The van der Waals surface area contributed by atoms with Crippen LogP contribution in [0.4, 0.5) is 0 Å². The quantitative estimate of drug-likeness (QED) is 0.342. The number of sulfonamides is 1. The zero-order valence-electron chi connectivity index (χ0n) is 23.6. The van der Waals surface area contributed by atoms with Crippen LogP contribution in [-0.2, 0) is 25.5 Å². The van der Waals surface area contributed by atoms with Gasteiger partial charge in [0.05, 0.1) is 22.0 Å². The van der Waals surface area contributed by atoms with E-state index in [4.69, 9.17) is 0 Å². The highest BCUT2D eigenvalue weighted by molar-refractivity contribution is 7.91. The zero-order chi connectivity index (χ0) is 30.3. The molecule has 0 radical (unpaired) electrons. The van der Waals surface area contributed by atoms with Crippen LogP contribution in [0.25, 0.3) is 10.9 Å². The predicted octanol–water partition coefficient (Wildman–Crippen LogP) is 4.63. The predicted molar refractivity (Wildman–Crippen MR) is 160 cm³/mol. The molecule has 1 aliphatic rings. The molecular formula is C31H32N4O5S2. The lowest BCUT2D eigenvalue weighted by atomic mass is 9.86. The van der Waals surface area contributed by atoms with Gasteiger partial charge in [0.15, 0.2) is 0 Å². The minimum absolute atomic E-state index is 0.00810. The van der Waals surface area contributed by atoms with Crippen molar-refractivity contribution in [1.29, 1.82) is 5.26 Å². The van der Waals surface area contributed by atoms with Crippen molar-refractivity contribution in [2.24, 2.45) is 0 Å². The normalized spacial score (nSPS) is 15.0. The van der Waals surface area contributed by atoms with E-state index < -0.39 is 26.1 Å². The van der Waals surface area contributed by atoms with Crippen LogP contribution in [-0.4, -0.2) is 50.7 Å². The van der Waals surface area contributed by atoms with Crippen LogP contribution in [0.15, 0.2) is 88.8 Å². The number of carbonyl (C=O) groups excluding carboxylic acids is 1. The van der Waals surface area contributed by atoms with Gasteiger partial charge in [0, 0.05) is 36.3 Å². The van der Waals surface area contributed by atoms with E-state index in [2.05, 4.69) is 25.5 Å². The van der Waals surface area contributed by atoms with E-state index in [0.717, 1.165) is 15.7 Å². The van der Waals surface area contributed by atoms with Crippen LogP contribution in [0.3, 0.4) is 0 Å². The number of amides is 1. The molecule has 1 fully saturated rings. The van der Waals surface area contributed by atoms with Gasteiger partial charge < -0.3 is 4.90 Å². The maximum atomic E-state index is 13.7. The van der Waals surface area contributed by atoms with E-state index in [9.17, 15) is 26.9 Å². The van der Waals surface area contributed by atoms with Gasteiger partial charge in [0.1, 0.15) is 4.90 Å². The highest BCUT2D eigenvalue weighted by Crippen LogP contribution is 2.32. The van der Waals surface area contributed by atoms with Crippen molar-refractivity contribution in [3.05, 3.63) is 95.7 Å². The summed E-state index contributed by atoms with van der Waals surface area (Å²) in [4.78, 5) is 14.5. The minimum Gasteiger partial charge on any atom is -0.339 e. The zero-order valence-corrected chi connectivity index (χ0v) is 25.2. The number of nitriles is 1. The molecule has 5 rings (SSSR count). The first kappa shape index (κ1) is 29.5. The molecule has 9 nitrogen and oxygen atoms in total. The highest BCUT2D eigenvalue weighted by Gasteiger charge is 2.32. The second kappa shape index (κ2) is 11.0. The molecule has 0 aliphatic carbocycles. The fourth-order valence-electron chi connectivity index (χ4n) is 5.20. The lowest BCUT2D eigenvalue weighted by Crippen LogP contribution is -2.46. The molecule has 0 spiro atoms. The summed E-state index contributed by atoms with van der Waals surface area (Å²) < 4.78 is 58.0. The van der Waals surface area contributed by atoms with Crippen LogP contribution in [0, 0.1) is 11.3 Å². The molecule has 0 atom stereocenters. The van der Waals surface area contributed by atoms with E-state index in [1.165, 1.54) is 30.3 Å². The molecule has 1 aliphatic heterocycles. The molecule has 0 unspecified atom stereocenters. The van der Waals surface area contributed by atoms with E-state index in [0.29, 0.717) is 31.5 Å². The Labute approximate surface area is 246 Å². The van der Waals surface area contributed by atoms with E-state index in [1.807, 2.05) is 30.3 Å². The second-order valence-corrected chi connectivity index (χ2v) is 14.9. The van der Waals surface area contributed by atoms with Crippen LogP contribution < -0.4 is 4.72 Å². The van der Waals surface area contributed by atoms with Gasteiger partial charge in [-0.2, -0.15) is 5.26 Å². The van der Waals surface area contributed by atoms with Gasteiger partial charge in [-0.25, -0.2) is 25.5 Å². The number of hydrogen-bond acceptors (Lipinski definition) is 6. The summed E-state index contributed by atoms with van der Waals surface area (Å²) in [5, 5.41) is 9.78. The average Bonchev–Trinajstić information content (AvgIpc) is 3.39. The van der Waals surface area contributed by atoms with Crippen molar-refractivity contribution in [1.82, 2.24) is 13.6 Å². The Hall–Kier alpha value is -3.98. The molecule has 218 valence electrons. The van der Waals surface area contributed by atoms with Gasteiger partial charge in [-0.15, -0.1) is 0 Å². The Morgan fingerprint density at radius 3 is 2.14 bits per heavy atom. The van der Waals surface area contributed by atoms with Crippen molar-refractivity contribution in [3.63, 3.8) is 0 Å². The monoisotopic (exact) mass is 604 g/mol. The number of nitrogens with one attached hydrogen (secondary N) is 1. The lowest BCUT2D eigenvalue weighted by molar-refractivity contribution is 0.0711. The first-order valence-corrected chi connectivity index (χ1v) is 16.5. The molecular weight excluding hydrogens is 572 g/mol. The molecule has 11 heteroatoms. The van der Waals surface area contributed by atoms with E-state index in [1.54, 1.807) is 23.1 Å². The van der Waals surface area contributed by atoms with Gasteiger partial charge in [-0.3, -0.25) is 4.79 Å². The summed E-state index contributed by atoms with van der Waals surface area (Å²) in [7, 11) is -8.39. The van der Waals surface area contributed by atoms with Crippen LogP contribution in [0.5, 0.6) is 0 Å². The molecule has 1 saturated heterocycles.